The average molecular weight is 339 g/mol. The second kappa shape index (κ2) is 6.07. The molecule has 0 amide bonds. The summed E-state index contributed by atoms with van der Waals surface area (Å²) >= 11 is 4.44. The van der Waals surface area contributed by atoms with Crippen LogP contribution in [0.1, 0.15) is 65.7 Å². The second-order valence-electron chi connectivity index (χ2n) is 9.35. The Kier molecular flexibility index (Phi) is 4.70. The summed E-state index contributed by atoms with van der Waals surface area (Å²) in [5.41, 5.74) is 1.52. The van der Waals surface area contributed by atoms with Gasteiger partial charge in [-0.3, -0.25) is 0 Å². The second-order valence-corrected chi connectivity index (χ2v) is 9.67. The van der Waals surface area contributed by atoms with E-state index in [0.29, 0.717) is 17.3 Å². The Morgan fingerprint density at radius 3 is 2.52 bits per heavy atom. The summed E-state index contributed by atoms with van der Waals surface area (Å²) in [5.74, 6) is 1.83. The highest BCUT2D eigenvalue weighted by Gasteiger charge is 2.61. The van der Waals surface area contributed by atoms with Gasteiger partial charge >= 0.3 is 0 Å². The van der Waals surface area contributed by atoms with Crippen molar-refractivity contribution < 1.29 is 10.2 Å². The van der Waals surface area contributed by atoms with E-state index in [2.05, 4.69) is 33.4 Å². The number of aliphatic hydroxyl groups is 2. The van der Waals surface area contributed by atoms with Crippen molar-refractivity contribution in [3.05, 3.63) is 11.6 Å². The molecule has 3 heteroatoms. The van der Waals surface area contributed by atoms with Gasteiger partial charge in [-0.1, -0.05) is 38.8 Å². The number of hydrogen-bond acceptors (Lipinski definition) is 3. The Labute approximate surface area is 147 Å². The molecule has 0 spiro atoms. The molecule has 3 rings (SSSR count). The molecule has 0 aliphatic heterocycles. The van der Waals surface area contributed by atoms with Crippen molar-refractivity contribution in [2.24, 2.45) is 28.1 Å². The van der Waals surface area contributed by atoms with Crippen LogP contribution in [0.5, 0.6) is 0 Å². The summed E-state index contributed by atoms with van der Waals surface area (Å²) in [6, 6.07) is 0. The van der Waals surface area contributed by atoms with Crippen molar-refractivity contribution in [2.75, 3.05) is 12.4 Å². The highest BCUT2D eigenvalue weighted by Crippen LogP contribution is 2.66. The Hall–Kier alpha value is 0.01000. The van der Waals surface area contributed by atoms with Gasteiger partial charge in [-0.25, -0.2) is 0 Å². The predicted molar refractivity (Wildman–Crippen MR) is 98.6 cm³/mol. The highest BCUT2D eigenvalue weighted by atomic mass is 32.1. The summed E-state index contributed by atoms with van der Waals surface area (Å²) < 4.78 is 0. The lowest BCUT2D eigenvalue weighted by Gasteiger charge is -2.63. The van der Waals surface area contributed by atoms with Gasteiger partial charge in [-0.05, 0) is 61.2 Å². The van der Waals surface area contributed by atoms with Gasteiger partial charge in [0.25, 0.3) is 0 Å². The number of fused-ring (bicyclic) bond motifs is 3. The minimum Gasteiger partial charge on any atom is -0.396 e. The molecule has 3 aliphatic rings. The molecule has 0 radical (unpaired) electrons. The molecule has 0 saturated heterocycles. The molecule has 2 saturated carbocycles. The van der Waals surface area contributed by atoms with Crippen molar-refractivity contribution in [1.82, 2.24) is 0 Å². The standard InChI is InChI=1S/C20H34O2S/c1-18(2)8-4-9-19(3)15(18)7-10-20(13-21)16(19)6-5-14(12-23)11-17(20)22/h11,15-17,21-23H,4-10,12-13H2,1-3H3. The lowest BCUT2D eigenvalue weighted by Crippen LogP contribution is -2.59. The zero-order chi connectivity index (χ0) is 16.9. The minimum absolute atomic E-state index is 0.109. The van der Waals surface area contributed by atoms with E-state index in [1.54, 1.807) is 0 Å². The first kappa shape index (κ1) is 17.8. The zero-order valence-electron chi connectivity index (χ0n) is 15.0. The SMILES string of the molecule is CC1(C)CCCC2(C)C1CCC1(CO)C(O)C=C(CS)CCC21. The Balaban J connectivity index is 2.03. The Bertz CT molecular complexity index is 486. The molecule has 132 valence electrons. The van der Waals surface area contributed by atoms with Crippen molar-refractivity contribution in [2.45, 2.75) is 71.8 Å². The predicted octanol–water partition coefficient (Wildman–Crippen LogP) is 4.22. The molecule has 0 aromatic rings. The van der Waals surface area contributed by atoms with E-state index < -0.39 is 6.10 Å². The normalized spacial score (nSPS) is 46.3. The van der Waals surface area contributed by atoms with Crippen LogP contribution in [-0.4, -0.2) is 28.7 Å². The monoisotopic (exact) mass is 338 g/mol. The number of aliphatic hydroxyl groups excluding tert-OH is 2. The number of rotatable bonds is 2. The molecule has 0 aromatic carbocycles. The summed E-state index contributed by atoms with van der Waals surface area (Å²) in [5, 5.41) is 21.4. The van der Waals surface area contributed by atoms with Crippen LogP contribution >= 0.6 is 12.6 Å². The first-order valence-corrected chi connectivity index (χ1v) is 10.0. The third-order valence-electron chi connectivity index (χ3n) is 7.90. The third-order valence-corrected chi connectivity index (χ3v) is 8.30. The molecule has 2 fully saturated rings. The van der Waals surface area contributed by atoms with Gasteiger partial charge in [0.15, 0.2) is 0 Å². The Morgan fingerprint density at radius 1 is 1.13 bits per heavy atom. The number of thiol groups is 1. The van der Waals surface area contributed by atoms with Crippen molar-refractivity contribution in [3.63, 3.8) is 0 Å². The van der Waals surface area contributed by atoms with Crippen LogP contribution in [0.15, 0.2) is 11.6 Å². The quantitative estimate of drug-likeness (QED) is 0.521. The summed E-state index contributed by atoms with van der Waals surface area (Å²) in [6.45, 7) is 7.44. The van der Waals surface area contributed by atoms with Crippen LogP contribution in [0.4, 0.5) is 0 Å². The van der Waals surface area contributed by atoms with Gasteiger partial charge in [0.1, 0.15) is 0 Å². The van der Waals surface area contributed by atoms with Gasteiger partial charge in [0.05, 0.1) is 12.7 Å². The fourth-order valence-electron chi connectivity index (χ4n) is 6.74. The lowest BCUT2D eigenvalue weighted by atomic mass is 9.42. The van der Waals surface area contributed by atoms with Crippen LogP contribution in [-0.2, 0) is 0 Å². The topological polar surface area (TPSA) is 40.5 Å². The largest absolute Gasteiger partial charge is 0.396 e. The molecule has 2 N–H and O–H groups in total. The van der Waals surface area contributed by atoms with Crippen LogP contribution in [0, 0.1) is 28.1 Å². The van der Waals surface area contributed by atoms with Gasteiger partial charge < -0.3 is 10.2 Å². The molecule has 0 bridgehead atoms. The molecule has 23 heavy (non-hydrogen) atoms. The van der Waals surface area contributed by atoms with Crippen molar-refractivity contribution in [3.8, 4) is 0 Å². The number of hydrogen-bond donors (Lipinski definition) is 3. The fourth-order valence-corrected chi connectivity index (χ4v) is 7.00. The minimum atomic E-state index is -0.523. The molecular formula is C20H34O2S. The molecule has 3 aliphatic carbocycles. The van der Waals surface area contributed by atoms with E-state index in [-0.39, 0.29) is 17.4 Å². The van der Waals surface area contributed by atoms with Crippen LogP contribution < -0.4 is 0 Å². The maximum absolute atomic E-state index is 11.0. The van der Waals surface area contributed by atoms with Gasteiger partial charge in [0.2, 0.25) is 0 Å². The average Bonchev–Trinajstić information content (AvgIpc) is 2.64. The molecule has 0 aromatic heterocycles. The molecule has 0 heterocycles. The van der Waals surface area contributed by atoms with E-state index in [9.17, 15) is 10.2 Å². The van der Waals surface area contributed by atoms with Crippen molar-refractivity contribution >= 4 is 12.6 Å². The van der Waals surface area contributed by atoms with Crippen LogP contribution in [0.25, 0.3) is 0 Å². The van der Waals surface area contributed by atoms with E-state index in [4.69, 9.17) is 0 Å². The first-order chi connectivity index (χ1) is 10.8. The lowest BCUT2D eigenvalue weighted by molar-refractivity contribution is -0.176. The van der Waals surface area contributed by atoms with Crippen LogP contribution in [0.2, 0.25) is 0 Å². The van der Waals surface area contributed by atoms with Gasteiger partial charge in [-0.15, -0.1) is 0 Å². The van der Waals surface area contributed by atoms with E-state index in [0.717, 1.165) is 31.4 Å². The highest BCUT2D eigenvalue weighted by molar-refractivity contribution is 7.80. The maximum atomic E-state index is 11.0. The van der Waals surface area contributed by atoms with Gasteiger partial charge in [0, 0.05) is 11.2 Å². The van der Waals surface area contributed by atoms with Gasteiger partial charge in [-0.2, -0.15) is 12.6 Å². The summed E-state index contributed by atoms with van der Waals surface area (Å²) in [4.78, 5) is 0. The van der Waals surface area contributed by atoms with E-state index >= 15 is 0 Å². The smallest absolute Gasteiger partial charge is 0.0804 e. The summed E-state index contributed by atoms with van der Waals surface area (Å²) in [7, 11) is 0. The summed E-state index contributed by atoms with van der Waals surface area (Å²) in [6.07, 6.45) is 9.54. The molecule has 2 nitrogen and oxygen atoms in total. The third kappa shape index (κ3) is 2.62. The van der Waals surface area contributed by atoms with Crippen molar-refractivity contribution in [1.29, 1.82) is 0 Å². The molecular weight excluding hydrogens is 304 g/mol. The van der Waals surface area contributed by atoms with E-state index in [1.807, 2.05) is 6.08 Å². The maximum Gasteiger partial charge on any atom is 0.0804 e. The van der Waals surface area contributed by atoms with E-state index in [1.165, 1.54) is 24.8 Å². The fraction of sp³-hybridized carbons (Fsp3) is 0.900. The zero-order valence-corrected chi connectivity index (χ0v) is 15.9. The molecule has 5 unspecified atom stereocenters. The van der Waals surface area contributed by atoms with Crippen LogP contribution in [0.3, 0.4) is 0 Å². The first-order valence-electron chi connectivity index (χ1n) is 9.39. The Morgan fingerprint density at radius 2 is 1.87 bits per heavy atom. The molecule has 5 atom stereocenters.